The van der Waals surface area contributed by atoms with Crippen LogP contribution in [0.15, 0.2) is 65.2 Å². The molecule has 0 saturated carbocycles. The van der Waals surface area contributed by atoms with E-state index in [-0.39, 0.29) is 5.78 Å². The highest BCUT2D eigenvalue weighted by Gasteiger charge is 2.17. The van der Waals surface area contributed by atoms with Crippen molar-refractivity contribution in [1.82, 2.24) is 5.16 Å². The Morgan fingerprint density at radius 3 is 2.38 bits per heavy atom. The molecule has 2 aromatic carbocycles. The summed E-state index contributed by atoms with van der Waals surface area (Å²) in [4.78, 5) is 11.4. The predicted molar refractivity (Wildman–Crippen MR) is 93.6 cm³/mol. The molecule has 0 spiro atoms. The topological polar surface area (TPSA) is 52.3 Å². The number of nitrogens with zero attached hydrogens (tertiary/aromatic N) is 1. The molecule has 0 saturated heterocycles. The zero-order valence-corrected chi connectivity index (χ0v) is 13.5. The lowest BCUT2D eigenvalue weighted by atomic mass is 10.0. The van der Waals surface area contributed by atoms with Gasteiger partial charge in [-0.1, -0.05) is 35.5 Å². The minimum absolute atomic E-state index is 0.0316. The summed E-state index contributed by atoms with van der Waals surface area (Å²) in [6, 6.07) is 17.3. The second-order valence-corrected chi connectivity index (χ2v) is 5.31. The third-order valence-electron chi connectivity index (χ3n) is 3.61. The molecule has 0 amide bonds. The van der Waals surface area contributed by atoms with Gasteiger partial charge in [0.05, 0.1) is 12.7 Å². The lowest BCUT2D eigenvalue weighted by Gasteiger charge is -2.02. The van der Waals surface area contributed by atoms with Gasteiger partial charge in [-0.3, -0.25) is 4.79 Å². The first-order chi connectivity index (χ1) is 11.7. The van der Waals surface area contributed by atoms with Crippen molar-refractivity contribution in [2.75, 3.05) is 7.11 Å². The van der Waals surface area contributed by atoms with Gasteiger partial charge in [0, 0.05) is 11.1 Å². The molecule has 3 aromatic rings. The van der Waals surface area contributed by atoms with E-state index in [4.69, 9.17) is 9.26 Å². The quantitative estimate of drug-likeness (QED) is 0.644. The summed E-state index contributed by atoms with van der Waals surface area (Å²) >= 11 is 0. The Morgan fingerprint density at radius 1 is 1.04 bits per heavy atom. The van der Waals surface area contributed by atoms with Gasteiger partial charge < -0.3 is 9.26 Å². The molecule has 0 atom stereocenters. The minimum atomic E-state index is -0.0316. The lowest BCUT2D eigenvalue weighted by Crippen LogP contribution is -1.86. The number of hydrogen-bond acceptors (Lipinski definition) is 4. The number of allylic oxidation sites excluding steroid dienone is 1. The molecule has 0 aliphatic rings. The molecule has 3 rings (SSSR count). The molecule has 1 aromatic heterocycles. The lowest BCUT2D eigenvalue weighted by molar-refractivity contribution is -0.112. The van der Waals surface area contributed by atoms with Crippen molar-refractivity contribution in [1.29, 1.82) is 0 Å². The molecule has 0 radical (unpaired) electrons. The van der Waals surface area contributed by atoms with Crippen molar-refractivity contribution >= 4 is 11.9 Å². The van der Waals surface area contributed by atoms with Gasteiger partial charge in [-0.2, -0.15) is 0 Å². The maximum absolute atomic E-state index is 11.4. The zero-order chi connectivity index (χ0) is 16.9. The third kappa shape index (κ3) is 3.27. The SMILES string of the molecule is COc1ccc(-c2noc(-c3ccccc3)c2/C=C/C(C)=O)cc1. The number of carbonyl (C=O) groups is 1. The van der Waals surface area contributed by atoms with Crippen molar-refractivity contribution in [3.05, 3.63) is 66.2 Å². The highest BCUT2D eigenvalue weighted by atomic mass is 16.5. The van der Waals surface area contributed by atoms with E-state index in [0.29, 0.717) is 11.5 Å². The summed E-state index contributed by atoms with van der Waals surface area (Å²) in [5, 5.41) is 4.22. The van der Waals surface area contributed by atoms with Gasteiger partial charge in [-0.05, 0) is 43.3 Å². The maximum atomic E-state index is 11.4. The number of hydrogen-bond donors (Lipinski definition) is 0. The van der Waals surface area contributed by atoms with E-state index >= 15 is 0 Å². The van der Waals surface area contributed by atoms with Crippen molar-refractivity contribution in [2.45, 2.75) is 6.92 Å². The van der Waals surface area contributed by atoms with E-state index < -0.39 is 0 Å². The number of methoxy groups -OCH3 is 1. The van der Waals surface area contributed by atoms with Gasteiger partial charge in [-0.15, -0.1) is 0 Å². The first-order valence-electron chi connectivity index (χ1n) is 7.57. The average molecular weight is 319 g/mol. The van der Waals surface area contributed by atoms with Crippen LogP contribution < -0.4 is 4.74 Å². The van der Waals surface area contributed by atoms with Crippen molar-refractivity contribution in [3.63, 3.8) is 0 Å². The van der Waals surface area contributed by atoms with Gasteiger partial charge in [-0.25, -0.2) is 0 Å². The van der Waals surface area contributed by atoms with Crippen LogP contribution in [-0.2, 0) is 4.79 Å². The number of rotatable bonds is 5. The summed E-state index contributed by atoms with van der Waals surface area (Å²) in [6.07, 6.45) is 3.27. The van der Waals surface area contributed by atoms with Crippen LogP contribution in [0.5, 0.6) is 5.75 Å². The number of ketones is 1. The molecule has 0 aliphatic carbocycles. The molecular formula is C20H17NO3. The van der Waals surface area contributed by atoms with E-state index in [9.17, 15) is 4.79 Å². The second kappa shape index (κ2) is 6.96. The van der Waals surface area contributed by atoms with Crippen LogP contribution in [0.4, 0.5) is 0 Å². The first-order valence-corrected chi connectivity index (χ1v) is 7.57. The first kappa shape index (κ1) is 15.7. The van der Waals surface area contributed by atoms with Crippen LogP contribution in [-0.4, -0.2) is 18.0 Å². The molecule has 0 bridgehead atoms. The van der Waals surface area contributed by atoms with Crippen LogP contribution in [0.1, 0.15) is 12.5 Å². The predicted octanol–water partition coefficient (Wildman–Crippen LogP) is 4.62. The van der Waals surface area contributed by atoms with E-state index in [1.165, 1.54) is 13.0 Å². The van der Waals surface area contributed by atoms with Crippen molar-refractivity contribution in [3.8, 4) is 28.3 Å². The molecule has 120 valence electrons. The molecule has 4 nitrogen and oxygen atoms in total. The summed E-state index contributed by atoms with van der Waals surface area (Å²) < 4.78 is 10.8. The van der Waals surface area contributed by atoms with Crippen LogP contribution in [0.25, 0.3) is 28.7 Å². The van der Waals surface area contributed by atoms with Gasteiger partial charge in [0.15, 0.2) is 11.5 Å². The van der Waals surface area contributed by atoms with Gasteiger partial charge in [0.1, 0.15) is 11.4 Å². The van der Waals surface area contributed by atoms with Gasteiger partial charge in [0.25, 0.3) is 0 Å². The number of carbonyl (C=O) groups excluding carboxylic acids is 1. The molecule has 0 N–H and O–H groups in total. The molecule has 4 heteroatoms. The van der Waals surface area contributed by atoms with Crippen LogP contribution in [0.2, 0.25) is 0 Å². The fraction of sp³-hybridized carbons (Fsp3) is 0.100. The van der Waals surface area contributed by atoms with Crippen LogP contribution in [0.3, 0.4) is 0 Å². The van der Waals surface area contributed by atoms with E-state index in [1.807, 2.05) is 54.6 Å². The monoisotopic (exact) mass is 319 g/mol. The maximum Gasteiger partial charge on any atom is 0.174 e. The Labute approximate surface area is 140 Å². The van der Waals surface area contributed by atoms with Gasteiger partial charge >= 0.3 is 0 Å². The smallest absolute Gasteiger partial charge is 0.174 e. The van der Waals surface area contributed by atoms with Crippen LogP contribution >= 0.6 is 0 Å². The number of ether oxygens (including phenoxy) is 1. The molecule has 0 unspecified atom stereocenters. The summed E-state index contributed by atoms with van der Waals surface area (Å²) in [7, 11) is 1.62. The standard InChI is InChI=1S/C20H17NO3/c1-14(22)8-13-18-19(15-9-11-17(23-2)12-10-15)21-24-20(18)16-6-4-3-5-7-16/h3-13H,1-2H3/b13-8+. The average Bonchev–Trinajstić information content (AvgIpc) is 3.04. The number of aromatic nitrogens is 1. The highest BCUT2D eigenvalue weighted by Crippen LogP contribution is 2.33. The Kier molecular flexibility index (Phi) is 4.57. The summed E-state index contributed by atoms with van der Waals surface area (Å²) in [5.74, 6) is 1.38. The third-order valence-corrected chi connectivity index (χ3v) is 3.61. The highest BCUT2D eigenvalue weighted by molar-refractivity contribution is 5.94. The number of benzene rings is 2. The van der Waals surface area contributed by atoms with Gasteiger partial charge in [0.2, 0.25) is 0 Å². The normalized spacial score (nSPS) is 10.9. The summed E-state index contributed by atoms with van der Waals surface area (Å²) in [6.45, 7) is 1.51. The van der Waals surface area contributed by atoms with E-state index in [1.54, 1.807) is 13.2 Å². The molecular weight excluding hydrogens is 302 g/mol. The zero-order valence-electron chi connectivity index (χ0n) is 13.5. The molecule has 1 heterocycles. The molecule has 24 heavy (non-hydrogen) atoms. The fourth-order valence-corrected chi connectivity index (χ4v) is 2.41. The molecule has 0 fully saturated rings. The fourth-order valence-electron chi connectivity index (χ4n) is 2.41. The van der Waals surface area contributed by atoms with E-state index in [2.05, 4.69) is 5.16 Å². The van der Waals surface area contributed by atoms with Crippen molar-refractivity contribution < 1.29 is 14.1 Å². The Morgan fingerprint density at radius 2 is 1.75 bits per heavy atom. The molecule has 0 aliphatic heterocycles. The summed E-state index contributed by atoms with van der Waals surface area (Å²) in [5.41, 5.74) is 3.27. The van der Waals surface area contributed by atoms with Crippen LogP contribution in [0, 0.1) is 0 Å². The Balaban J connectivity index is 2.12. The van der Waals surface area contributed by atoms with Crippen molar-refractivity contribution in [2.24, 2.45) is 0 Å². The largest absolute Gasteiger partial charge is 0.497 e. The second-order valence-electron chi connectivity index (χ2n) is 5.31. The Bertz CT molecular complexity index is 862. The van der Waals surface area contributed by atoms with E-state index in [0.717, 1.165) is 22.4 Å². The Hall–Kier alpha value is -3.14. The minimum Gasteiger partial charge on any atom is -0.497 e.